The Hall–Kier alpha value is 2.23. The van der Waals surface area contributed by atoms with Crippen molar-refractivity contribution in [1.82, 2.24) is 0 Å². The summed E-state index contributed by atoms with van der Waals surface area (Å²) in [7, 11) is 0. The summed E-state index contributed by atoms with van der Waals surface area (Å²) in [5.41, 5.74) is 0. The molecule has 0 rings (SSSR count). The van der Waals surface area contributed by atoms with E-state index in [2.05, 4.69) is 0 Å². The molecule has 0 bridgehead atoms. The Morgan fingerprint density at radius 2 is 0.905 bits per heavy atom. The van der Waals surface area contributed by atoms with Gasteiger partial charge in [-0.2, -0.15) is 0 Å². The molecule has 0 N–H and O–H groups in total. The third-order valence-corrected chi connectivity index (χ3v) is 2.93. The Kier molecular flexibility index (Phi) is 30.5. The second kappa shape index (κ2) is 18.6. The molecule has 0 aliphatic rings. The van der Waals surface area contributed by atoms with E-state index < -0.39 is 47.2 Å². The van der Waals surface area contributed by atoms with Crippen molar-refractivity contribution in [1.29, 1.82) is 0 Å². The number of carbonyl (C=O) groups is 4. The van der Waals surface area contributed by atoms with Gasteiger partial charge in [0.1, 0.15) is 0 Å². The summed E-state index contributed by atoms with van der Waals surface area (Å²) in [6.07, 6.45) is -1.99. The molecule has 0 saturated heterocycles. The molecule has 2 unspecified atom stereocenters. The standard InChI is InChI=1S/C8H10O8S.4Na/c9-5(10)1-3(7(13)14)17-4(8(15)16)2-6(11)12;;;;/h3-4H,1-2H2,(H,9,10)(H,11,12)(H,13,14)(H,15,16);;;;/q;4*+1/p-4. The molecular weight excluding hydrogens is 348 g/mol. The van der Waals surface area contributed by atoms with Crippen molar-refractivity contribution < 1.29 is 158 Å². The fraction of sp³-hybridized carbons (Fsp3) is 0.500. The molecule has 8 nitrogen and oxygen atoms in total. The summed E-state index contributed by atoms with van der Waals surface area (Å²) in [5.74, 6) is -7.11. The molecule has 0 aromatic carbocycles. The number of rotatable bonds is 8. The van der Waals surface area contributed by atoms with Crippen molar-refractivity contribution >= 4 is 35.6 Å². The Labute approximate surface area is 213 Å². The number of carbonyl (C=O) groups excluding carboxylic acids is 4. The number of aliphatic carboxylic acids is 4. The van der Waals surface area contributed by atoms with Gasteiger partial charge in [0.2, 0.25) is 0 Å². The van der Waals surface area contributed by atoms with E-state index in [-0.39, 0.29) is 130 Å². The van der Waals surface area contributed by atoms with E-state index in [0.29, 0.717) is 0 Å². The number of carboxylic acids is 4. The molecule has 13 heteroatoms. The van der Waals surface area contributed by atoms with Crippen LogP contribution in [0, 0.1) is 0 Å². The number of carboxylic acid groups (broad SMARTS) is 4. The Morgan fingerprint density at radius 1 is 0.667 bits per heavy atom. The van der Waals surface area contributed by atoms with Crippen LogP contribution in [0.15, 0.2) is 0 Å². The van der Waals surface area contributed by atoms with Gasteiger partial charge in [0.15, 0.2) is 0 Å². The van der Waals surface area contributed by atoms with Crippen molar-refractivity contribution in [2.24, 2.45) is 0 Å². The number of hydrogen-bond acceptors (Lipinski definition) is 9. The van der Waals surface area contributed by atoms with Gasteiger partial charge in [-0.05, 0) is 0 Å². The molecule has 0 aliphatic carbocycles. The van der Waals surface area contributed by atoms with Crippen LogP contribution in [0.3, 0.4) is 0 Å². The smallest absolute Gasteiger partial charge is 0.550 e. The maximum absolute atomic E-state index is 10.5. The van der Waals surface area contributed by atoms with Crippen molar-refractivity contribution in [2.75, 3.05) is 0 Å². The van der Waals surface area contributed by atoms with E-state index >= 15 is 0 Å². The molecule has 0 aromatic heterocycles. The van der Waals surface area contributed by atoms with Gasteiger partial charge in [-0.25, -0.2) is 0 Å². The first-order chi connectivity index (χ1) is 7.73. The van der Waals surface area contributed by atoms with E-state index in [4.69, 9.17) is 0 Å². The van der Waals surface area contributed by atoms with Gasteiger partial charge in [-0.1, -0.05) is 0 Å². The van der Waals surface area contributed by atoms with Gasteiger partial charge in [-0.15, -0.1) is 11.8 Å². The monoisotopic (exact) mass is 354 g/mol. The van der Waals surface area contributed by atoms with Gasteiger partial charge in [-0.3, -0.25) is 0 Å². The molecule has 0 amide bonds. The largest absolute Gasteiger partial charge is 1.00 e. The first kappa shape index (κ1) is 34.5. The molecule has 0 spiro atoms. The average Bonchev–Trinajstić information content (AvgIpc) is 2.13. The summed E-state index contributed by atoms with van der Waals surface area (Å²) in [5, 5.41) is 37.9. The third-order valence-electron chi connectivity index (χ3n) is 1.56. The summed E-state index contributed by atoms with van der Waals surface area (Å²) in [4.78, 5) is 41.3. The molecule has 0 fully saturated rings. The van der Waals surface area contributed by atoms with Gasteiger partial charge in [0.25, 0.3) is 0 Å². The molecule has 0 aliphatic heterocycles. The Bertz CT molecular complexity index is 321. The minimum atomic E-state index is -1.83. The van der Waals surface area contributed by atoms with Crippen molar-refractivity contribution in [3.63, 3.8) is 0 Å². The van der Waals surface area contributed by atoms with E-state index in [1.165, 1.54) is 0 Å². The minimum absolute atomic E-state index is 0. The maximum Gasteiger partial charge on any atom is 1.00 e. The van der Waals surface area contributed by atoms with Crippen LogP contribution in [0.4, 0.5) is 0 Å². The molecule has 2 atom stereocenters. The predicted octanol–water partition coefficient (Wildman–Crippen LogP) is -17.7. The first-order valence-corrected chi connectivity index (χ1v) is 5.15. The number of thioether (sulfide) groups is 1. The van der Waals surface area contributed by atoms with Gasteiger partial charge < -0.3 is 39.6 Å². The van der Waals surface area contributed by atoms with Gasteiger partial charge in [0, 0.05) is 24.8 Å². The van der Waals surface area contributed by atoms with Crippen molar-refractivity contribution in [3.05, 3.63) is 0 Å². The van der Waals surface area contributed by atoms with Crippen LogP contribution >= 0.6 is 11.8 Å². The Balaban J connectivity index is -0.000000213. The molecule has 0 heterocycles. The molecular formula is C8H6Na4O8S. The average molecular weight is 354 g/mol. The van der Waals surface area contributed by atoms with E-state index in [0.717, 1.165) is 0 Å². The first-order valence-electron chi connectivity index (χ1n) is 4.21. The van der Waals surface area contributed by atoms with E-state index in [9.17, 15) is 39.6 Å². The van der Waals surface area contributed by atoms with Crippen molar-refractivity contribution in [3.8, 4) is 0 Å². The number of hydrogen-bond donors (Lipinski definition) is 0. The fourth-order valence-electron chi connectivity index (χ4n) is 0.875. The normalized spacial score (nSPS) is 11.0. The zero-order chi connectivity index (χ0) is 13.6. The van der Waals surface area contributed by atoms with Gasteiger partial charge >= 0.3 is 118 Å². The zero-order valence-corrected chi connectivity index (χ0v) is 21.1. The topological polar surface area (TPSA) is 161 Å². The van der Waals surface area contributed by atoms with Crippen LogP contribution in [0.1, 0.15) is 12.8 Å². The summed E-state index contributed by atoms with van der Waals surface area (Å²) < 4.78 is 0. The third kappa shape index (κ3) is 18.4. The SMILES string of the molecule is O=C([O-])CC(SC(CC(=O)[O-])C(=O)[O-])C(=O)[O-].[Na+].[Na+].[Na+].[Na+]. The minimum Gasteiger partial charge on any atom is -0.550 e. The Morgan fingerprint density at radius 3 is 1.05 bits per heavy atom. The van der Waals surface area contributed by atoms with Gasteiger partial charge in [0.05, 0.1) is 22.4 Å². The van der Waals surface area contributed by atoms with Crippen LogP contribution in [0.25, 0.3) is 0 Å². The fourth-order valence-corrected chi connectivity index (χ4v) is 1.96. The van der Waals surface area contributed by atoms with E-state index in [1.54, 1.807) is 0 Å². The molecule has 0 radical (unpaired) electrons. The van der Waals surface area contributed by atoms with Crippen LogP contribution in [-0.4, -0.2) is 34.4 Å². The molecule has 0 aromatic rings. The predicted molar refractivity (Wildman–Crippen MR) is 44.4 cm³/mol. The van der Waals surface area contributed by atoms with E-state index in [1.807, 2.05) is 0 Å². The second-order valence-electron chi connectivity index (χ2n) is 2.90. The maximum atomic E-state index is 10.5. The van der Waals surface area contributed by atoms with Crippen molar-refractivity contribution in [2.45, 2.75) is 23.3 Å². The molecule has 21 heavy (non-hydrogen) atoms. The van der Waals surface area contributed by atoms with Crippen LogP contribution in [0.2, 0.25) is 0 Å². The molecule has 96 valence electrons. The quantitative estimate of drug-likeness (QED) is 0.385. The zero-order valence-electron chi connectivity index (χ0n) is 12.2. The molecule has 0 saturated carbocycles. The van der Waals surface area contributed by atoms with Crippen LogP contribution in [0.5, 0.6) is 0 Å². The second-order valence-corrected chi connectivity index (χ2v) is 4.31. The summed E-state index contributed by atoms with van der Waals surface area (Å²) in [6, 6.07) is 0. The summed E-state index contributed by atoms with van der Waals surface area (Å²) in [6.45, 7) is 0. The van der Waals surface area contributed by atoms with Crippen LogP contribution < -0.4 is 139 Å². The van der Waals surface area contributed by atoms with Crippen LogP contribution in [-0.2, 0) is 19.2 Å². The summed E-state index contributed by atoms with van der Waals surface area (Å²) >= 11 is 0.0969.